The molecule has 0 radical (unpaired) electrons. The summed E-state index contributed by atoms with van der Waals surface area (Å²) >= 11 is 3.55. The van der Waals surface area contributed by atoms with E-state index in [2.05, 4.69) is 21.2 Å². The average molecular weight is 381 g/mol. The molecule has 1 aromatic rings. The molecule has 1 saturated heterocycles. The number of halogens is 1. The number of rotatable bonds is 3. The molecule has 2 aliphatic carbocycles. The first kappa shape index (κ1) is 14.6. The predicted octanol–water partition coefficient (Wildman–Crippen LogP) is 2.10. The SMILES string of the molecule is O=C(Nc1cccc([N+](=O)[O-])c1)[C@@H]1[C@H]2C[C@H]3[C@H](OC(=O)[C@@H]31)[C@H]2Br. The number of anilines is 1. The van der Waals surface area contributed by atoms with Crippen molar-refractivity contribution in [3.63, 3.8) is 0 Å². The Kier molecular flexibility index (Phi) is 3.19. The summed E-state index contributed by atoms with van der Waals surface area (Å²) in [6.45, 7) is 0. The third kappa shape index (κ3) is 2.08. The molecule has 0 unspecified atom stereocenters. The highest BCUT2D eigenvalue weighted by atomic mass is 79.9. The molecule has 3 fully saturated rings. The Bertz CT molecular complexity index is 724. The summed E-state index contributed by atoms with van der Waals surface area (Å²) < 4.78 is 5.38. The van der Waals surface area contributed by atoms with Gasteiger partial charge in [0.2, 0.25) is 5.91 Å². The Labute approximate surface area is 139 Å². The summed E-state index contributed by atoms with van der Waals surface area (Å²) in [5.74, 6) is -1.27. The molecule has 1 aliphatic heterocycles. The molecule has 1 amide bonds. The van der Waals surface area contributed by atoms with E-state index in [0.29, 0.717) is 5.69 Å². The van der Waals surface area contributed by atoms with Crippen molar-refractivity contribution in [1.82, 2.24) is 0 Å². The van der Waals surface area contributed by atoms with E-state index < -0.39 is 16.8 Å². The van der Waals surface area contributed by atoms with E-state index in [4.69, 9.17) is 4.74 Å². The number of hydrogen-bond acceptors (Lipinski definition) is 5. The van der Waals surface area contributed by atoms with Gasteiger partial charge in [0.15, 0.2) is 0 Å². The van der Waals surface area contributed by atoms with Crippen LogP contribution in [0.1, 0.15) is 6.42 Å². The second-order valence-electron chi connectivity index (χ2n) is 6.26. The van der Waals surface area contributed by atoms with Gasteiger partial charge in [-0.15, -0.1) is 0 Å². The molecule has 2 bridgehead atoms. The van der Waals surface area contributed by atoms with Crippen LogP contribution in [-0.2, 0) is 14.3 Å². The van der Waals surface area contributed by atoms with Gasteiger partial charge in [-0.2, -0.15) is 0 Å². The summed E-state index contributed by atoms with van der Waals surface area (Å²) in [5, 5.41) is 13.5. The van der Waals surface area contributed by atoms with Gasteiger partial charge in [0.1, 0.15) is 6.10 Å². The minimum absolute atomic E-state index is 0.00365. The number of nitro benzene ring substituents is 1. The summed E-state index contributed by atoms with van der Waals surface area (Å²) in [5.41, 5.74) is 0.274. The van der Waals surface area contributed by atoms with E-state index in [-0.39, 0.29) is 40.3 Å². The topological polar surface area (TPSA) is 98.5 Å². The van der Waals surface area contributed by atoms with Crippen molar-refractivity contribution < 1.29 is 19.2 Å². The molecular formula is C15H13BrN2O5. The Morgan fingerprint density at radius 3 is 2.91 bits per heavy atom. The van der Waals surface area contributed by atoms with Crippen LogP contribution in [-0.4, -0.2) is 27.7 Å². The number of fused-ring (bicyclic) bond motifs is 1. The number of benzene rings is 1. The molecule has 1 heterocycles. The molecule has 23 heavy (non-hydrogen) atoms. The van der Waals surface area contributed by atoms with Crippen LogP contribution < -0.4 is 5.32 Å². The van der Waals surface area contributed by atoms with Crippen LogP contribution in [0, 0.1) is 33.8 Å². The van der Waals surface area contributed by atoms with Gasteiger partial charge in [-0.05, 0) is 18.4 Å². The molecule has 4 rings (SSSR count). The van der Waals surface area contributed by atoms with Crippen LogP contribution in [0.3, 0.4) is 0 Å². The van der Waals surface area contributed by atoms with E-state index in [0.717, 1.165) is 6.42 Å². The lowest BCUT2D eigenvalue weighted by Crippen LogP contribution is -2.40. The zero-order valence-electron chi connectivity index (χ0n) is 11.8. The van der Waals surface area contributed by atoms with Crippen molar-refractivity contribution >= 4 is 39.2 Å². The number of esters is 1. The van der Waals surface area contributed by atoms with Crippen molar-refractivity contribution in [2.45, 2.75) is 17.4 Å². The maximum atomic E-state index is 12.7. The van der Waals surface area contributed by atoms with Crippen LogP contribution in [0.15, 0.2) is 24.3 Å². The van der Waals surface area contributed by atoms with E-state index in [1.54, 1.807) is 6.07 Å². The molecule has 7 nitrogen and oxygen atoms in total. The normalized spacial score (nSPS) is 36.8. The Morgan fingerprint density at radius 2 is 2.17 bits per heavy atom. The van der Waals surface area contributed by atoms with E-state index in [1.807, 2.05) is 0 Å². The summed E-state index contributed by atoms with van der Waals surface area (Å²) in [7, 11) is 0. The molecule has 2 saturated carbocycles. The zero-order valence-corrected chi connectivity index (χ0v) is 13.4. The van der Waals surface area contributed by atoms with E-state index in [1.165, 1.54) is 18.2 Å². The largest absolute Gasteiger partial charge is 0.461 e. The fourth-order valence-corrected chi connectivity index (χ4v) is 5.30. The van der Waals surface area contributed by atoms with Gasteiger partial charge in [-0.1, -0.05) is 22.0 Å². The lowest BCUT2D eigenvalue weighted by Gasteiger charge is -2.27. The fraction of sp³-hybridized carbons (Fsp3) is 0.467. The molecule has 0 spiro atoms. The lowest BCUT2D eigenvalue weighted by atomic mass is 9.79. The van der Waals surface area contributed by atoms with Crippen molar-refractivity contribution in [2.75, 3.05) is 5.32 Å². The first-order valence-electron chi connectivity index (χ1n) is 7.37. The lowest BCUT2D eigenvalue weighted by molar-refractivity contribution is -0.384. The van der Waals surface area contributed by atoms with Gasteiger partial charge < -0.3 is 10.1 Å². The van der Waals surface area contributed by atoms with Gasteiger partial charge >= 0.3 is 5.97 Å². The minimum Gasteiger partial charge on any atom is -0.461 e. The number of ether oxygens (including phenoxy) is 1. The van der Waals surface area contributed by atoms with E-state index >= 15 is 0 Å². The number of carbonyl (C=O) groups is 2. The van der Waals surface area contributed by atoms with Crippen LogP contribution >= 0.6 is 15.9 Å². The Hall–Kier alpha value is -1.96. The van der Waals surface area contributed by atoms with Gasteiger partial charge in [-0.25, -0.2) is 0 Å². The second kappa shape index (κ2) is 5.02. The third-order valence-corrected chi connectivity index (χ3v) is 6.35. The van der Waals surface area contributed by atoms with E-state index in [9.17, 15) is 19.7 Å². The number of nitrogens with one attached hydrogen (secondary N) is 1. The van der Waals surface area contributed by atoms with Gasteiger partial charge in [0, 0.05) is 23.7 Å². The quantitative estimate of drug-likeness (QED) is 0.374. The monoisotopic (exact) mass is 380 g/mol. The number of nitro groups is 1. The summed E-state index contributed by atoms with van der Waals surface area (Å²) in [6, 6.07) is 5.79. The van der Waals surface area contributed by atoms with Gasteiger partial charge in [-0.3, -0.25) is 19.7 Å². The van der Waals surface area contributed by atoms with Crippen molar-refractivity contribution in [2.24, 2.45) is 23.7 Å². The number of non-ortho nitro benzene ring substituents is 1. The Morgan fingerprint density at radius 1 is 1.39 bits per heavy atom. The Balaban J connectivity index is 1.57. The first-order valence-corrected chi connectivity index (χ1v) is 8.29. The highest BCUT2D eigenvalue weighted by molar-refractivity contribution is 9.09. The maximum absolute atomic E-state index is 12.7. The molecule has 3 aliphatic rings. The maximum Gasteiger partial charge on any atom is 0.310 e. The second-order valence-corrected chi connectivity index (χ2v) is 7.31. The average Bonchev–Trinajstić information content (AvgIpc) is 3.11. The van der Waals surface area contributed by atoms with Crippen molar-refractivity contribution in [1.29, 1.82) is 0 Å². The molecule has 120 valence electrons. The minimum atomic E-state index is -0.513. The van der Waals surface area contributed by atoms with Crippen molar-refractivity contribution in [3.05, 3.63) is 34.4 Å². The number of nitrogens with zero attached hydrogens (tertiary/aromatic N) is 1. The highest BCUT2D eigenvalue weighted by Gasteiger charge is 2.67. The highest BCUT2D eigenvalue weighted by Crippen LogP contribution is 2.60. The molecule has 8 heteroatoms. The number of amides is 1. The van der Waals surface area contributed by atoms with Crippen LogP contribution in [0.25, 0.3) is 0 Å². The number of carbonyl (C=O) groups excluding carboxylic acids is 2. The van der Waals surface area contributed by atoms with Gasteiger partial charge in [0.25, 0.3) is 5.69 Å². The fourth-order valence-electron chi connectivity index (χ4n) is 4.25. The predicted molar refractivity (Wildman–Crippen MR) is 82.9 cm³/mol. The molecular weight excluding hydrogens is 368 g/mol. The number of hydrogen-bond donors (Lipinski definition) is 1. The summed E-state index contributed by atoms with van der Waals surface area (Å²) in [4.78, 5) is 35.0. The van der Waals surface area contributed by atoms with Crippen LogP contribution in [0.4, 0.5) is 11.4 Å². The van der Waals surface area contributed by atoms with Crippen LogP contribution in [0.5, 0.6) is 0 Å². The van der Waals surface area contributed by atoms with Crippen molar-refractivity contribution in [3.8, 4) is 0 Å². The zero-order chi connectivity index (χ0) is 16.3. The van der Waals surface area contributed by atoms with Gasteiger partial charge in [0.05, 0.1) is 21.6 Å². The third-order valence-electron chi connectivity index (χ3n) is 5.15. The number of alkyl halides is 1. The van der Waals surface area contributed by atoms with Crippen LogP contribution in [0.2, 0.25) is 0 Å². The molecule has 1 aromatic carbocycles. The standard InChI is InChI=1S/C15H13BrN2O5/c16-12-8-5-9-11(15(20)23-13(9)12)10(8)14(19)17-6-2-1-3-7(4-6)18(21)22/h1-4,8-13H,5H2,(H,17,19)/t8-,9-,10-,11+,12+,13+/m1/s1. The molecule has 6 atom stereocenters. The summed E-state index contributed by atoms with van der Waals surface area (Å²) in [6.07, 6.45) is 0.670. The molecule has 1 N–H and O–H groups in total. The smallest absolute Gasteiger partial charge is 0.310 e. The molecule has 0 aromatic heterocycles. The first-order chi connectivity index (χ1) is 11.0.